The third kappa shape index (κ3) is 4.17. The van der Waals surface area contributed by atoms with Gasteiger partial charge in [-0.1, -0.05) is 60.7 Å². The maximum absolute atomic E-state index is 9.99. The number of rotatable bonds is 6. The van der Waals surface area contributed by atoms with E-state index in [-0.39, 0.29) is 0 Å². The monoisotopic (exact) mass is 258 g/mol. The summed E-state index contributed by atoms with van der Waals surface area (Å²) in [5.41, 5.74) is 1.82. The molecule has 0 amide bonds. The van der Waals surface area contributed by atoms with Gasteiger partial charge in [-0.2, -0.15) is 0 Å². The largest absolute Gasteiger partial charge is 0.382 e. The quantitative estimate of drug-likeness (QED) is 0.724. The van der Waals surface area contributed by atoms with Gasteiger partial charge in [0, 0.05) is 0 Å². The molecule has 0 radical (unpaired) electrons. The third-order valence-corrected chi connectivity index (χ3v) is 3.15. The van der Waals surface area contributed by atoms with Gasteiger partial charge in [0.25, 0.3) is 0 Å². The first-order chi connectivity index (χ1) is 9.27. The Labute approximate surface area is 113 Å². The van der Waals surface area contributed by atoms with Crippen LogP contribution in [0.4, 0.5) is 0 Å². The van der Waals surface area contributed by atoms with Crippen LogP contribution in [0.5, 0.6) is 0 Å². The summed E-state index contributed by atoms with van der Waals surface area (Å²) in [6.07, 6.45) is -0.992. The zero-order valence-corrected chi connectivity index (χ0v) is 10.8. The molecule has 3 nitrogen and oxygen atoms in total. The van der Waals surface area contributed by atoms with Crippen molar-refractivity contribution in [1.29, 1.82) is 0 Å². The van der Waals surface area contributed by atoms with Gasteiger partial charge < -0.3 is 15.5 Å². The molecular weight excluding hydrogens is 238 g/mol. The van der Waals surface area contributed by atoms with E-state index in [4.69, 9.17) is 0 Å². The summed E-state index contributed by atoms with van der Waals surface area (Å²) >= 11 is 0. The number of aliphatic hydroxyl groups excluding tert-OH is 2. The van der Waals surface area contributed by atoms with E-state index in [0.29, 0.717) is 13.1 Å². The lowest BCUT2D eigenvalue weighted by molar-refractivity contribution is -0.668. The van der Waals surface area contributed by atoms with Crippen molar-refractivity contribution < 1.29 is 15.5 Å². The van der Waals surface area contributed by atoms with Crippen molar-refractivity contribution in [2.24, 2.45) is 0 Å². The van der Waals surface area contributed by atoms with E-state index in [2.05, 4.69) is 0 Å². The lowest BCUT2D eigenvalue weighted by Crippen LogP contribution is -2.86. The molecule has 0 saturated heterocycles. The summed E-state index contributed by atoms with van der Waals surface area (Å²) in [6, 6.07) is 19.2. The van der Waals surface area contributed by atoms with E-state index >= 15 is 0 Å². The maximum atomic E-state index is 9.99. The van der Waals surface area contributed by atoms with Gasteiger partial charge in [0.2, 0.25) is 0 Å². The van der Waals surface area contributed by atoms with E-state index in [1.54, 1.807) is 0 Å². The van der Waals surface area contributed by atoms with Gasteiger partial charge in [-0.25, -0.2) is 0 Å². The van der Waals surface area contributed by atoms with Crippen LogP contribution in [0, 0.1) is 0 Å². The fourth-order valence-corrected chi connectivity index (χ4v) is 2.03. The minimum absolute atomic E-state index is 0.496. The minimum atomic E-state index is -0.496. The lowest BCUT2D eigenvalue weighted by Gasteiger charge is -2.13. The van der Waals surface area contributed by atoms with E-state index < -0.39 is 12.2 Å². The normalized spacial score (nSPS) is 14.0. The van der Waals surface area contributed by atoms with Crippen LogP contribution >= 0.6 is 0 Å². The summed E-state index contributed by atoms with van der Waals surface area (Å²) in [6.45, 7) is 1.10. The molecule has 0 aliphatic rings. The second kappa shape index (κ2) is 7.04. The van der Waals surface area contributed by atoms with Gasteiger partial charge in [0.05, 0.1) is 0 Å². The topological polar surface area (TPSA) is 57.1 Å². The molecule has 2 aromatic carbocycles. The lowest BCUT2D eigenvalue weighted by atomic mass is 10.1. The molecule has 0 aliphatic carbocycles. The standard InChI is InChI=1S/C16H19NO2/c18-15(13-7-3-1-4-8-13)11-17-12-16(19)14-9-5-2-6-10-14/h1-10,15-19H,11-12H2/p+1/t15-,16-/m1/s1. The van der Waals surface area contributed by atoms with E-state index in [9.17, 15) is 10.2 Å². The van der Waals surface area contributed by atoms with E-state index in [0.717, 1.165) is 11.1 Å². The number of hydrogen-bond donors (Lipinski definition) is 3. The average molecular weight is 258 g/mol. The Bertz CT molecular complexity index is 427. The third-order valence-electron chi connectivity index (χ3n) is 3.15. The molecule has 19 heavy (non-hydrogen) atoms. The summed E-state index contributed by atoms with van der Waals surface area (Å²) in [4.78, 5) is 0. The SMILES string of the molecule is O[C@H](C[NH2+]C[C@@H](O)c1ccccc1)c1ccccc1. The highest BCUT2D eigenvalue weighted by molar-refractivity contribution is 5.18. The van der Waals surface area contributed by atoms with Crippen LogP contribution in [-0.2, 0) is 0 Å². The molecule has 0 saturated carbocycles. The summed E-state index contributed by atoms with van der Waals surface area (Å²) < 4.78 is 0. The maximum Gasteiger partial charge on any atom is 0.128 e. The zero-order valence-electron chi connectivity index (χ0n) is 10.8. The highest BCUT2D eigenvalue weighted by Crippen LogP contribution is 2.10. The zero-order chi connectivity index (χ0) is 13.5. The second-order valence-electron chi connectivity index (χ2n) is 4.61. The van der Waals surface area contributed by atoms with Gasteiger partial charge in [-0.05, 0) is 11.1 Å². The van der Waals surface area contributed by atoms with Gasteiger partial charge >= 0.3 is 0 Å². The molecule has 4 N–H and O–H groups in total. The van der Waals surface area contributed by atoms with Crippen molar-refractivity contribution >= 4 is 0 Å². The van der Waals surface area contributed by atoms with Crippen LogP contribution in [0.15, 0.2) is 60.7 Å². The Morgan fingerprint density at radius 1 is 0.684 bits per heavy atom. The number of hydrogen-bond acceptors (Lipinski definition) is 2. The Kier molecular flexibility index (Phi) is 5.10. The van der Waals surface area contributed by atoms with Crippen molar-refractivity contribution in [2.45, 2.75) is 12.2 Å². The molecule has 100 valence electrons. The summed E-state index contributed by atoms with van der Waals surface area (Å²) in [7, 11) is 0. The van der Waals surface area contributed by atoms with Gasteiger partial charge in [-0.3, -0.25) is 0 Å². The number of quaternary nitrogens is 1. The molecule has 2 atom stereocenters. The van der Waals surface area contributed by atoms with Crippen molar-refractivity contribution in [3.63, 3.8) is 0 Å². The van der Waals surface area contributed by atoms with Gasteiger partial charge in [0.15, 0.2) is 0 Å². The first-order valence-corrected chi connectivity index (χ1v) is 6.55. The van der Waals surface area contributed by atoms with Crippen LogP contribution in [-0.4, -0.2) is 23.3 Å². The summed E-state index contributed by atoms with van der Waals surface area (Å²) in [5, 5.41) is 21.9. The minimum Gasteiger partial charge on any atom is -0.382 e. The molecular formula is C16H20NO2+. The van der Waals surface area contributed by atoms with Crippen molar-refractivity contribution in [3.05, 3.63) is 71.8 Å². The van der Waals surface area contributed by atoms with Crippen LogP contribution < -0.4 is 5.32 Å². The highest BCUT2D eigenvalue weighted by atomic mass is 16.3. The molecule has 3 heteroatoms. The predicted molar refractivity (Wildman–Crippen MR) is 74.5 cm³/mol. The van der Waals surface area contributed by atoms with Crippen LogP contribution in [0.2, 0.25) is 0 Å². The molecule has 0 aromatic heterocycles. The van der Waals surface area contributed by atoms with Crippen LogP contribution in [0.3, 0.4) is 0 Å². The Morgan fingerprint density at radius 3 is 1.42 bits per heavy atom. The average Bonchev–Trinajstić information content (AvgIpc) is 2.49. The van der Waals surface area contributed by atoms with Gasteiger partial charge in [-0.15, -0.1) is 0 Å². The number of aliphatic hydroxyl groups is 2. The summed E-state index contributed by atoms with van der Waals surface area (Å²) in [5.74, 6) is 0. The predicted octanol–water partition coefficient (Wildman–Crippen LogP) is 1.02. The van der Waals surface area contributed by atoms with Crippen molar-refractivity contribution in [2.75, 3.05) is 13.1 Å². The smallest absolute Gasteiger partial charge is 0.128 e. The first-order valence-electron chi connectivity index (χ1n) is 6.55. The fourth-order valence-electron chi connectivity index (χ4n) is 2.03. The van der Waals surface area contributed by atoms with Crippen molar-refractivity contribution in [1.82, 2.24) is 0 Å². The molecule has 2 aromatic rings. The molecule has 0 unspecified atom stereocenters. The molecule has 0 spiro atoms. The highest BCUT2D eigenvalue weighted by Gasteiger charge is 2.12. The Morgan fingerprint density at radius 2 is 1.05 bits per heavy atom. The molecule has 0 aliphatic heterocycles. The van der Waals surface area contributed by atoms with E-state index in [1.165, 1.54) is 0 Å². The van der Waals surface area contributed by atoms with Crippen LogP contribution in [0.25, 0.3) is 0 Å². The number of benzene rings is 2. The Balaban J connectivity index is 1.78. The fraction of sp³-hybridized carbons (Fsp3) is 0.250. The van der Waals surface area contributed by atoms with Crippen molar-refractivity contribution in [3.8, 4) is 0 Å². The first kappa shape index (κ1) is 13.7. The van der Waals surface area contributed by atoms with Gasteiger partial charge in [0.1, 0.15) is 25.3 Å². The second-order valence-corrected chi connectivity index (χ2v) is 4.61. The number of nitrogens with two attached hydrogens (primary N) is 1. The molecule has 2 rings (SSSR count). The molecule has 0 heterocycles. The molecule has 0 bridgehead atoms. The molecule has 0 fully saturated rings. The Hall–Kier alpha value is -1.68. The van der Waals surface area contributed by atoms with Crippen LogP contribution in [0.1, 0.15) is 23.3 Å². The van der Waals surface area contributed by atoms with E-state index in [1.807, 2.05) is 66.0 Å².